The predicted molar refractivity (Wildman–Crippen MR) is 103 cm³/mol. The van der Waals surface area contributed by atoms with Gasteiger partial charge in [-0.1, -0.05) is 12.1 Å². The van der Waals surface area contributed by atoms with Crippen molar-refractivity contribution in [3.63, 3.8) is 0 Å². The molecule has 0 unspecified atom stereocenters. The van der Waals surface area contributed by atoms with Crippen LogP contribution in [0.25, 0.3) is 22.1 Å². The average Bonchev–Trinajstić information content (AvgIpc) is 3.12. The molecule has 0 atom stereocenters. The van der Waals surface area contributed by atoms with Gasteiger partial charge in [0.1, 0.15) is 23.2 Å². The number of rotatable bonds is 2. The Labute approximate surface area is 163 Å². The summed E-state index contributed by atoms with van der Waals surface area (Å²) >= 11 is 0. The average molecular weight is 399 g/mol. The second kappa shape index (κ2) is 6.61. The number of aromatic nitrogens is 3. The van der Waals surface area contributed by atoms with Gasteiger partial charge in [0.2, 0.25) is 0 Å². The molecule has 0 radical (unpaired) electrons. The molecular formula is C20H16F3N5O. The quantitative estimate of drug-likeness (QED) is 0.506. The van der Waals surface area contributed by atoms with E-state index in [0.717, 1.165) is 34.6 Å². The van der Waals surface area contributed by atoms with Crippen molar-refractivity contribution in [2.75, 3.05) is 36.0 Å². The first-order valence-electron chi connectivity index (χ1n) is 9.16. The fourth-order valence-electron chi connectivity index (χ4n) is 3.62. The number of hydrogen-bond donors (Lipinski definition) is 0. The Hall–Kier alpha value is -3.36. The highest BCUT2D eigenvalue weighted by Gasteiger charge is 2.31. The largest absolute Gasteiger partial charge is 0.450 e. The van der Waals surface area contributed by atoms with Crippen molar-refractivity contribution in [3.8, 4) is 0 Å². The van der Waals surface area contributed by atoms with Crippen LogP contribution in [0.4, 0.5) is 24.8 Å². The fourth-order valence-corrected chi connectivity index (χ4v) is 3.62. The minimum absolute atomic E-state index is 0.536. The SMILES string of the molecule is FC(F)(F)c1ccc(N2CCN(c3ncnc4c3oc3ccccc34)CC2)nc1. The highest BCUT2D eigenvalue weighted by atomic mass is 19.4. The van der Waals surface area contributed by atoms with Gasteiger partial charge in [0, 0.05) is 37.8 Å². The number of furan rings is 1. The van der Waals surface area contributed by atoms with Gasteiger partial charge in [0.05, 0.1) is 5.56 Å². The second-order valence-corrected chi connectivity index (χ2v) is 6.85. The number of anilines is 2. The van der Waals surface area contributed by atoms with Crippen LogP contribution >= 0.6 is 0 Å². The summed E-state index contributed by atoms with van der Waals surface area (Å²) in [5, 5.41) is 0.943. The van der Waals surface area contributed by atoms with Gasteiger partial charge in [-0.3, -0.25) is 0 Å². The molecule has 148 valence electrons. The van der Waals surface area contributed by atoms with E-state index in [9.17, 15) is 13.2 Å². The van der Waals surface area contributed by atoms with Crippen molar-refractivity contribution < 1.29 is 17.6 Å². The van der Waals surface area contributed by atoms with Crippen LogP contribution in [0.5, 0.6) is 0 Å². The first-order chi connectivity index (χ1) is 14.0. The highest BCUT2D eigenvalue weighted by molar-refractivity contribution is 6.05. The Bertz CT molecular complexity index is 1160. The van der Waals surface area contributed by atoms with Crippen LogP contribution in [0.1, 0.15) is 5.56 Å². The summed E-state index contributed by atoms with van der Waals surface area (Å²) in [6, 6.07) is 10.2. The lowest BCUT2D eigenvalue weighted by molar-refractivity contribution is -0.137. The van der Waals surface area contributed by atoms with Crippen molar-refractivity contribution in [3.05, 3.63) is 54.5 Å². The summed E-state index contributed by atoms with van der Waals surface area (Å²) in [5.41, 5.74) is 1.44. The van der Waals surface area contributed by atoms with Crippen LogP contribution in [-0.4, -0.2) is 41.1 Å². The minimum atomic E-state index is -4.38. The van der Waals surface area contributed by atoms with Gasteiger partial charge in [-0.05, 0) is 24.3 Å². The molecular weight excluding hydrogens is 383 g/mol. The maximum Gasteiger partial charge on any atom is 0.417 e. The first kappa shape index (κ1) is 17.7. The predicted octanol–water partition coefficient (Wildman–Crippen LogP) is 4.12. The number of para-hydroxylation sites is 1. The van der Waals surface area contributed by atoms with E-state index in [2.05, 4.69) is 19.9 Å². The molecule has 0 amide bonds. The monoisotopic (exact) mass is 399 g/mol. The van der Waals surface area contributed by atoms with Crippen LogP contribution in [0.2, 0.25) is 0 Å². The van der Waals surface area contributed by atoms with E-state index in [4.69, 9.17) is 4.42 Å². The molecule has 6 nitrogen and oxygen atoms in total. The molecule has 1 aliphatic heterocycles. The third-order valence-corrected chi connectivity index (χ3v) is 5.12. The molecule has 1 aliphatic rings. The van der Waals surface area contributed by atoms with Crippen molar-refractivity contribution in [1.82, 2.24) is 15.0 Å². The summed E-state index contributed by atoms with van der Waals surface area (Å²) in [4.78, 5) is 16.9. The third kappa shape index (κ3) is 3.12. The molecule has 0 N–H and O–H groups in total. The molecule has 0 bridgehead atoms. The standard InChI is InChI=1S/C20H16F3N5O/c21-20(22,23)13-5-6-16(24-11-13)27-7-9-28(10-8-27)19-18-17(25-12-26-19)14-3-1-2-4-15(14)29-18/h1-6,11-12H,7-10H2. The molecule has 0 spiro atoms. The van der Waals surface area contributed by atoms with Gasteiger partial charge >= 0.3 is 6.18 Å². The lowest BCUT2D eigenvalue weighted by atomic mass is 10.2. The van der Waals surface area contributed by atoms with E-state index >= 15 is 0 Å². The third-order valence-electron chi connectivity index (χ3n) is 5.12. The smallest absolute Gasteiger partial charge is 0.417 e. The van der Waals surface area contributed by atoms with Gasteiger partial charge in [-0.2, -0.15) is 13.2 Å². The van der Waals surface area contributed by atoms with Crippen molar-refractivity contribution in [2.24, 2.45) is 0 Å². The van der Waals surface area contributed by atoms with Crippen molar-refractivity contribution in [2.45, 2.75) is 6.18 Å². The van der Waals surface area contributed by atoms with Gasteiger partial charge < -0.3 is 14.2 Å². The normalized spacial score (nSPS) is 15.4. The maximum absolute atomic E-state index is 12.7. The van der Waals surface area contributed by atoms with Gasteiger partial charge in [-0.25, -0.2) is 15.0 Å². The molecule has 0 aliphatic carbocycles. The summed E-state index contributed by atoms with van der Waals surface area (Å²) < 4.78 is 44.2. The van der Waals surface area contributed by atoms with E-state index in [1.54, 1.807) is 0 Å². The van der Waals surface area contributed by atoms with Gasteiger partial charge in [0.25, 0.3) is 0 Å². The summed E-state index contributed by atoms with van der Waals surface area (Å²) in [7, 11) is 0. The Morgan fingerprint density at radius 1 is 0.862 bits per heavy atom. The lowest BCUT2D eigenvalue weighted by Crippen LogP contribution is -2.47. The van der Waals surface area contributed by atoms with Crippen molar-refractivity contribution >= 4 is 33.7 Å². The Morgan fingerprint density at radius 3 is 2.34 bits per heavy atom. The summed E-state index contributed by atoms with van der Waals surface area (Å²) in [6.45, 7) is 2.52. The molecule has 1 fully saturated rings. The molecule has 4 heterocycles. The number of nitrogens with zero attached hydrogens (tertiary/aromatic N) is 5. The highest BCUT2D eigenvalue weighted by Crippen LogP contribution is 2.33. The number of pyridine rings is 1. The van der Waals surface area contributed by atoms with Crippen LogP contribution in [-0.2, 0) is 6.18 Å². The minimum Gasteiger partial charge on any atom is -0.450 e. The van der Waals surface area contributed by atoms with Gasteiger partial charge in [0.15, 0.2) is 11.4 Å². The lowest BCUT2D eigenvalue weighted by Gasteiger charge is -2.35. The molecule has 1 aromatic carbocycles. The first-order valence-corrected chi connectivity index (χ1v) is 9.16. The number of fused-ring (bicyclic) bond motifs is 3. The van der Waals surface area contributed by atoms with Crippen LogP contribution in [0, 0.1) is 0 Å². The molecule has 29 heavy (non-hydrogen) atoms. The Kier molecular flexibility index (Phi) is 4.04. The Balaban J connectivity index is 1.37. The van der Waals surface area contributed by atoms with Crippen LogP contribution in [0.3, 0.4) is 0 Å². The van der Waals surface area contributed by atoms with E-state index in [1.165, 1.54) is 12.4 Å². The van der Waals surface area contributed by atoms with E-state index in [0.29, 0.717) is 37.6 Å². The fraction of sp³-hybridized carbons (Fsp3) is 0.250. The van der Waals surface area contributed by atoms with E-state index in [-0.39, 0.29) is 0 Å². The summed E-state index contributed by atoms with van der Waals surface area (Å²) in [5.74, 6) is 1.26. The number of piperazine rings is 1. The van der Waals surface area contributed by atoms with Crippen LogP contribution in [0.15, 0.2) is 53.3 Å². The molecule has 9 heteroatoms. The molecule has 4 aromatic rings. The number of hydrogen-bond acceptors (Lipinski definition) is 6. The van der Waals surface area contributed by atoms with Crippen LogP contribution < -0.4 is 9.80 Å². The van der Waals surface area contributed by atoms with Crippen molar-refractivity contribution in [1.29, 1.82) is 0 Å². The zero-order valence-electron chi connectivity index (χ0n) is 15.2. The Morgan fingerprint density at radius 2 is 1.62 bits per heavy atom. The van der Waals surface area contributed by atoms with Gasteiger partial charge in [-0.15, -0.1) is 0 Å². The summed E-state index contributed by atoms with van der Waals surface area (Å²) in [6.07, 6.45) is -1.97. The molecule has 5 rings (SSSR count). The number of alkyl halides is 3. The topological polar surface area (TPSA) is 58.3 Å². The zero-order chi connectivity index (χ0) is 20.0. The molecule has 1 saturated heterocycles. The maximum atomic E-state index is 12.7. The molecule has 0 saturated carbocycles. The number of halogens is 3. The number of benzene rings is 1. The van der Waals surface area contributed by atoms with E-state index < -0.39 is 11.7 Å². The second-order valence-electron chi connectivity index (χ2n) is 6.85. The van der Waals surface area contributed by atoms with E-state index in [1.807, 2.05) is 29.2 Å². The zero-order valence-corrected chi connectivity index (χ0v) is 15.2. The molecule has 3 aromatic heterocycles.